The van der Waals surface area contributed by atoms with Gasteiger partial charge in [0.05, 0.1) is 29.7 Å². The highest BCUT2D eigenvalue weighted by molar-refractivity contribution is 6.31. The van der Waals surface area contributed by atoms with E-state index in [1.54, 1.807) is 35.1 Å². The second kappa shape index (κ2) is 9.53. The number of hydrogen-bond acceptors (Lipinski definition) is 5. The molecular formula is C22H21ClF2N6O2. The first-order chi connectivity index (χ1) is 15.9. The zero-order valence-corrected chi connectivity index (χ0v) is 18.7. The fourth-order valence-corrected chi connectivity index (χ4v) is 3.59. The standard InChI is InChI=1S/C22H21ClF2N6O2/c1-13-16(23)12-30(29-13)9-5-8-26-22(32)15-11-27-31-18(20(24)25)10-17(28-21(15)31)14-6-3-4-7-19(14)33-2/h3-4,6-7,10-12,20H,5,8-9H2,1-2H3,(H,26,32). The zero-order valence-electron chi connectivity index (χ0n) is 17.9. The maximum atomic E-state index is 13.8. The minimum atomic E-state index is -2.82. The third kappa shape index (κ3) is 4.65. The van der Waals surface area contributed by atoms with E-state index in [0.717, 1.165) is 10.2 Å². The molecular weight excluding hydrogens is 454 g/mol. The Kier molecular flexibility index (Phi) is 6.55. The number of benzene rings is 1. The molecule has 0 fully saturated rings. The molecule has 4 aromatic rings. The Labute approximate surface area is 193 Å². The monoisotopic (exact) mass is 474 g/mol. The van der Waals surface area contributed by atoms with E-state index in [9.17, 15) is 13.6 Å². The number of methoxy groups -OCH3 is 1. The number of aryl methyl sites for hydroxylation is 2. The molecule has 0 unspecified atom stereocenters. The maximum Gasteiger partial charge on any atom is 0.280 e. The number of hydrogen-bond donors (Lipinski definition) is 1. The lowest BCUT2D eigenvalue weighted by Gasteiger charge is -2.11. The lowest BCUT2D eigenvalue weighted by Crippen LogP contribution is -2.25. The van der Waals surface area contributed by atoms with Crippen molar-refractivity contribution in [3.63, 3.8) is 0 Å². The number of nitrogens with zero attached hydrogens (tertiary/aromatic N) is 5. The third-order valence-corrected chi connectivity index (χ3v) is 5.46. The average Bonchev–Trinajstić information content (AvgIpc) is 3.38. The summed E-state index contributed by atoms with van der Waals surface area (Å²) in [5.41, 5.74) is 1.30. The Morgan fingerprint density at radius 1 is 1.30 bits per heavy atom. The van der Waals surface area contributed by atoms with E-state index in [0.29, 0.717) is 35.8 Å². The number of halogens is 3. The van der Waals surface area contributed by atoms with E-state index in [4.69, 9.17) is 16.3 Å². The number of amides is 1. The van der Waals surface area contributed by atoms with Gasteiger partial charge in [-0.1, -0.05) is 23.7 Å². The fraction of sp³-hybridized carbons (Fsp3) is 0.273. The second-order valence-corrected chi connectivity index (χ2v) is 7.70. The number of aromatic nitrogens is 5. The van der Waals surface area contributed by atoms with Crippen molar-refractivity contribution in [1.82, 2.24) is 29.7 Å². The number of rotatable bonds is 8. The van der Waals surface area contributed by atoms with Crippen LogP contribution < -0.4 is 10.1 Å². The molecule has 0 aliphatic heterocycles. The predicted molar refractivity (Wildman–Crippen MR) is 119 cm³/mol. The van der Waals surface area contributed by atoms with E-state index >= 15 is 0 Å². The highest BCUT2D eigenvalue weighted by atomic mass is 35.5. The molecule has 0 saturated carbocycles. The first-order valence-electron chi connectivity index (χ1n) is 10.2. The molecule has 0 saturated heterocycles. The Morgan fingerprint density at radius 2 is 2.09 bits per heavy atom. The Hall–Kier alpha value is -3.53. The Balaban J connectivity index is 1.58. The van der Waals surface area contributed by atoms with Gasteiger partial charge in [0.2, 0.25) is 0 Å². The van der Waals surface area contributed by atoms with Crippen LogP contribution in [0.1, 0.15) is 34.6 Å². The van der Waals surface area contributed by atoms with Gasteiger partial charge in [0.1, 0.15) is 17.0 Å². The van der Waals surface area contributed by atoms with E-state index in [2.05, 4.69) is 20.5 Å². The van der Waals surface area contributed by atoms with Gasteiger partial charge in [0, 0.05) is 24.8 Å². The van der Waals surface area contributed by atoms with Crippen molar-refractivity contribution in [2.24, 2.45) is 0 Å². The molecule has 1 aromatic carbocycles. The minimum Gasteiger partial charge on any atom is -0.496 e. The van der Waals surface area contributed by atoms with Gasteiger partial charge in [-0.05, 0) is 31.5 Å². The second-order valence-electron chi connectivity index (χ2n) is 7.30. The van der Waals surface area contributed by atoms with Crippen LogP contribution in [0.2, 0.25) is 5.02 Å². The molecule has 0 bridgehead atoms. The van der Waals surface area contributed by atoms with E-state index < -0.39 is 12.3 Å². The highest BCUT2D eigenvalue weighted by Gasteiger charge is 2.22. The van der Waals surface area contributed by atoms with E-state index in [-0.39, 0.29) is 22.6 Å². The summed E-state index contributed by atoms with van der Waals surface area (Å²) in [5.74, 6) is 0.0265. The van der Waals surface area contributed by atoms with Gasteiger partial charge >= 0.3 is 0 Å². The van der Waals surface area contributed by atoms with Gasteiger partial charge < -0.3 is 10.1 Å². The van der Waals surface area contributed by atoms with Crippen molar-refractivity contribution < 1.29 is 18.3 Å². The largest absolute Gasteiger partial charge is 0.496 e. The molecule has 3 aromatic heterocycles. The summed E-state index contributed by atoms with van der Waals surface area (Å²) in [5, 5.41) is 11.6. The van der Waals surface area contributed by atoms with Crippen LogP contribution in [-0.2, 0) is 6.54 Å². The molecule has 11 heteroatoms. The van der Waals surface area contributed by atoms with Crippen LogP contribution in [0.3, 0.4) is 0 Å². The topological polar surface area (TPSA) is 86.3 Å². The molecule has 172 valence electrons. The van der Waals surface area contributed by atoms with Crippen LogP contribution in [0.15, 0.2) is 42.7 Å². The molecule has 33 heavy (non-hydrogen) atoms. The first-order valence-corrected chi connectivity index (χ1v) is 10.5. The summed E-state index contributed by atoms with van der Waals surface area (Å²) >= 11 is 6.00. The van der Waals surface area contributed by atoms with Crippen LogP contribution >= 0.6 is 11.6 Å². The van der Waals surface area contributed by atoms with Gasteiger partial charge in [-0.25, -0.2) is 18.3 Å². The zero-order chi connectivity index (χ0) is 23.5. The predicted octanol–water partition coefficient (Wildman–Crippen LogP) is 4.32. The van der Waals surface area contributed by atoms with Gasteiger partial charge in [0.15, 0.2) is 5.65 Å². The number of para-hydroxylation sites is 1. The lowest BCUT2D eigenvalue weighted by atomic mass is 10.1. The van der Waals surface area contributed by atoms with E-state index in [1.165, 1.54) is 19.4 Å². The molecule has 0 aliphatic rings. The van der Waals surface area contributed by atoms with Gasteiger partial charge in [0.25, 0.3) is 12.3 Å². The molecule has 4 rings (SSSR count). The molecule has 8 nitrogen and oxygen atoms in total. The summed E-state index contributed by atoms with van der Waals surface area (Å²) in [6, 6.07) is 8.20. The Bertz CT molecular complexity index is 1280. The summed E-state index contributed by atoms with van der Waals surface area (Å²) in [6.45, 7) is 2.72. The number of ether oxygens (including phenoxy) is 1. The van der Waals surface area contributed by atoms with Crippen LogP contribution in [-0.4, -0.2) is 43.9 Å². The molecule has 0 spiro atoms. The van der Waals surface area contributed by atoms with Crippen molar-refractivity contribution in [3.8, 4) is 17.0 Å². The van der Waals surface area contributed by atoms with Crippen LogP contribution in [0.5, 0.6) is 5.75 Å². The van der Waals surface area contributed by atoms with Crippen molar-refractivity contribution in [2.75, 3.05) is 13.7 Å². The number of alkyl halides is 2. The summed E-state index contributed by atoms with van der Waals surface area (Å²) < 4.78 is 35.6. The summed E-state index contributed by atoms with van der Waals surface area (Å²) in [4.78, 5) is 17.2. The number of fused-ring (bicyclic) bond motifs is 1. The highest BCUT2D eigenvalue weighted by Crippen LogP contribution is 2.32. The number of nitrogens with one attached hydrogen (secondary N) is 1. The quantitative estimate of drug-likeness (QED) is 0.384. The van der Waals surface area contributed by atoms with E-state index in [1.807, 2.05) is 6.92 Å². The van der Waals surface area contributed by atoms with Gasteiger partial charge in [-0.2, -0.15) is 10.2 Å². The van der Waals surface area contributed by atoms with Crippen molar-refractivity contribution in [1.29, 1.82) is 0 Å². The summed E-state index contributed by atoms with van der Waals surface area (Å²) in [7, 11) is 1.49. The van der Waals surface area contributed by atoms with Crippen molar-refractivity contribution >= 4 is 23.2 Å². The molecule has 0 radical (unpaired) electrons. The van der Waals surface area contributed by atoms with Crippen LogP contribution in [0.25, 0.3) is 16.9 Å². The van der Waals surface area contributed by atoms with Crippen LogP contribution in [0, 0.1) is 6.92 Å². The van der Waals surface area contributed by atoms with Crippen molar-refractivity contribution in [2.45, 2.75) is 26.3 Å². The first kappa shape index (κ1) is 22.7. The lowest BCUT2D eigenvalue weighted by molar-refractivity contribution is 0.0953. The SMILES string of the molecule is COc1ccccc1-c1cc(C(F)F)n2ncc(C(=O)NCCCn3cc(Cl)c(C)n3)c2n1. The normalized spacial score (nSPS) is 11.3. The summed E-state index contributed by atoms with van der Waals surface area (Å²) in [6.07, 6.45) is 0.750. The number of carbonyl (C=O) groups is 1. The molecule has 1 N–H and O–H groups in total. The minimum absolute atomic E-state index is 0.0423. The fourth-order valence-electron chi connectivity index (χ4n) is 3.44. The van der Waals surface area contributed by atoms with Gasteiger partial charge in [-0.3, -0.25) is 9.48 Å². The maximum absolute atomic E-state index is 13.8. The molecule has 0 atom stereocenters. The van der Waals surface area contributed by atoms with Gasteiger partial charge in [-0.15, -0.1) is 0 Å². The average molecular weight is 475 g/mol. The van der Waals surface area contributed by atoms with Crippen LogP contribution in [0.4, 0.5) is 8.78 Å². The smallest absolute Gasteiger partial charge is 0.280 e. The molecule has 3 heterocycles. The molecule has 0 aliphatic carbocycles. The number of carbonyl (C=O) groups excluding carboxylic acids is 1. The molecule has 1 amide bonds. The Morgan fingerprint density at radius 3 is 2.79 bits per heavy atom. The van der Waals surface area contributed by atoms with Crippen molar-refractivity contribution in [3.05, 3.63) is 64.7 Å². The third-order valence-electron chi connectivity index (χ3n) is 5.09.